The van der Waals surface area contributed by atoms with Crippen LogP contribution in [-0.4, -0.2) is 31.1 Å². The fraction of sp³-hybridized carbons (Fsp3) is 0.355. The Morgan fingerprint density at radius 3 is 2.16 bits per heavy atom. The summed E-state index contributed by atoms with van der Waals surface area (Å²) in [6, 6.07) is 23.0. The number of carbonyl (C=O) groups excluding carboxylic acids is 2. The van der Waals surface area contributed by atoms with Gasteiger partial charge in [0.05, 0.1) is 31.3 Å². The van der Waals surface area contributed by atoms with Crippen LogP contribution < -0.4 is 9.47 Å². The van der Waals surface area contributed by atoms with Gasteiger partial charge >= 0.3 is 5.97 Å². The van der Waals surface area contributed by atoms with Crippen LogP contribution in [0.3, 0.4) is 0 Å². The maximum Gasteiger partial charge on any atom is 0.310 e. The molecule has 0 N–H and O–H groups in total. The maximum absolute atomic E-state index is 13.7. The predicted molar refractivity (Wildman–Crippen MR) is 141 cm³/mol. The molecule has 3 aromatic carbocycles. The van der Waals surface area contributed by atoms with E-state index in [-0.39, 0.29) is 37.4 Å². The van der Waals surface area contributed by atoms with Crippen molar-refractivity contribution in [2.45, 2.75) is 64.4 Å². The van der Waals surface area contributed by atoms with Crippen LogP contribution in [-0.2, 0) is 33.9 Å². The molecule has 0 aliphatic carbocycles. The Hall–Kier alpha value is -3.64. The first-order valence-electron chi connectivity index (χ1n) is 12.8. The number of Topliss-reactive ketones (excluding diaryl/α,β-unsaturated/α-hetero) is 1. The Balaban J connectivity index is 1.66. The number of methoxy groups -OCH3 is 1. The highest BCUT2D eigenvalue weighted by Gasteiger charge is 2.27. The molecule has 1 saturated heterocycles. The Morgan fingerprint density at radius 2 is 1.54 bits per heavy atom. The number of hydrogen-bond acceptors (Lipinski definition) is 6. The van der Waals surface area contributed by atoms with Crippen LogP contribution in [0.25, 0.3) is 0 Å². The summed E-state index contributed by atoms with van der Waals surface area (Å²) in [5, 5.41) is 0. The van der Waals surface area contributed by atoms with Crippen molar-refractivity contribution < 1.29 is 28.5 Å². The highest BCUT2D eigenvalue weighted by atomic mass is 16.5. The van der Waals surface area contributed by atoms with E-state index >= 15 is 0 Å². The van der Waals surface area contributed by atoms with Crippen LogP contribution in [0.4, 0.5) is 0 Å². The number of carbonyl (C=O) groups is 2. The molecule has 0 aromatic heterocycles. The molecule has 1 aliphatic heterocycles. The van der Waals surface area contributed by atoms with Gasteiger partial charge in [0.1, 0.15) is 24.7 Å². The van der Waals surface area contributed by atoms with Crippen molar-refractivity contribution in [1.29, 1.82) is 0 Å². The topological polar surface area (TPSA) is 71.1 Å². The zero-order valence-electron chi connectivity index (χ0n) is 21.5. The number of hydrogen-bond donors (Lipinski definition) is 0. The molecule has 1 aliphatic rings. The lowest BCUT2D eigenvalue weighted by Crippen LogP contribution is -2.28. The molecule has 37 heavy (non-hydrogen) atoms. The third-order valence-corrected chi connectivity index (χ3v) is 6.46. The zero-order chi connectivity index (χ0) is 26.0. The molecule has 6 nitrogen and oxygen atoms in total. The number of ether oxygens (including phenoxy) is 4. The summed E-state index contributed by atoms with van der Waals surface area (Å²) in [5.74, 6) is 0.355. The fourth-order valence-electron chi connectivity index (χ4n) is 4.56. The van der Waals surface area contributed by atoms with E-state index in [0.717, 1.165) is 30.4 Å². The van der Waals surface area contributed by atoms with Gasteiger partial charge in [0, 0.05) is 12.5 Å². The monoisotopic (exact) mass is 502 g/mol. The average Bonchev–Trinajstić information content (AvgIpc) is 2.91. The fourth-order valence-corrected chi connectivity index (χ4v) is 4.56. The minimum absolute atomic E-state index is 0.0657. The lowest BCUT2D eigenvalue weighted by molar-refractivity contribution is -0.139. The normalized spacial score (nSPS) is 17.1. The average molecular weight is 503 g/mol. The quantitative estimate of drug-likeness (QED) is 0.233. The second kappa shape index (κ2) is 13.1. The van der Waals surface area contributed by atoms with Crippen molar-refractivity contribution in [3.05, 3.63) is 95.1 Å². The van der Waals surface area contributed by atoms with Gasteiger partial charge < -0.3 is 18.9 Å². The van der Waals surface area contributed by atoms with Crippen LogP contribution in [0, 0.1) is 0 Å². The number of rotatable bonds is 11. The van der Waals surface area contributed by atoms with Gasteiger partial charge in [0.15, 0.2) is 5.78 Å². The van der Waals surface area contributed by atoms with Gasteiger partial charge in [0.2, 0.25) is 0 Å². The van der Waals surface area contributed by atoms with Gasteiger partial charge in [-0.1, -0.05) is 60.7 Å². The van der Waals surface area contributed by atoms with Crippen LogP contribution in [0.2, 0.25) is 0 Å². The van der Waals surface area contributed by atoms with Crippen LogP contribution in [0.15, 0.2) is 72.8 Å². The van der Waals surface area contributed by atoms with E-state index in [1.54, 1.807) is 12.1 Å². The molecular formula is C31H34O6. The molecule has 2 atom stereocenters. The Labute approximate surface area is 218 Å². The van der Waals surface area contributed by atoms with Gasteiger partial charge in [-0.05, 0) is 48.9 Å². The van der Waals surface area contributed by atoms with Crippen LogP contribution >= 0.6 is 0 Å². The number of benzene rings is 3. The summed E-state index contributed by atoms with van der Waals surface area (Å²) in [7, 11) is 1.34. The molecule has 1 heterocycles. The van der Waals surface area contributed by atoms with E-state index in [1.165, 1.54) is 7.11 Å². The third kappa shape index (κ3) is 7.67. The molecule has 0 unspecified atom stereocenters. The molecule has 0 spiro atoms. The predicted octanol–water partition coefficient (Wildman–Crippen LogP) is 6.09. The van der Waals surface area contributed by atoms with E-state index < -0.39 is 5.97 Å². The Morgan fingerprint density at radius 1 is 0.892 bits per heavy atom. The lowest BCUT2D eigenvalue weighted by Gasteiger charge is -2.28. The second-order valence-electron chi connectivity index (χ2n) is 9.38. The van der Waals surface area contributed by atoms with Crippen LogP contribution in [0.1, 0.15) is 59.7 Å². The summed E-state index contributed by atoms with van der Waals surface area (Å²) in [6.45, 7) is 2.65. The van der Waals surface area contributed by atoms with Crippen molar-refractivity contribution in [2.24, 2.45) is 0 Å². The number of ketones is 1. The summed E-state index contributed by atoms with van der Waals surface area (Å²) in [6.07, 6.45) is 2.99. The van der Waals surface area contributed by atoms with Crippen molar-refractivity contribution in [3.63, 3.8) is 0 Å². The molecule has 0 saturated carbocycles. The lowest BCUT2D eigenvalue weighted by atomic mass is 9.93. The first kappa shape index (κ1) is 26.4. The zero-order valence-corrected chi connectivity index (χ0v) is 21.5. The summed E-state index contributed by atoms with van der Waals surface area (Å²) >= 11 is 0. The minimum atomic E-state index is -0.439. The first-order chi connectivity index (χ1) is 18.0. The van der Waals surface area contributed by atoms with Crippen molar-refractivity contribution in [2.75, 3.05) is 7.11 Å². The summed E-state index contributed by atoms with van der Waals surface area (Å²) < 4.78 is 23.2. The van der Waals surface area contributed by atoms with Gasteiger partial charge in [-0.25, -0.2) is 0 Å². The summed E-state index contributed by atoms with van der Waals surface area (Å²) in [5.41, 5.74) is 2.88. The van der Waals surface area contributed by atoms with Crippen molar-refractivity contribution >= 4 is 11.8 Å². The third-order valence-electron chi connectivity index (χ3n) is 6.46. The molecule has 194 valence electrons. The van der Waals surface area contributed by atoms with E-state index in [1.807, 2.05) is 67.6 Å². The van der Waals surface area contributed by atoms with Gasteiger partial charge in [-0.15, -0.1) is 0 Å². The van der Waals surface area contributed by atoms with E-state index in [9.17, 15) is 9.59 Å². The molecule has 6 heteroatoms. The minimum Gasteiger partial charge on any atom is -0.489 e. The Bertz CT molecular complexity index is 1180. The van der Waals surface area contributed by atoms with Crippen molar-refractivity contribution in [3.8, 4) is 11.5 Å². The SMILES string of the molecule is COC(=O)Cc1cc(OCc2ccccc2)cc(OCc2ccccc2)c1C(=O)C[C@H]1CCC[C@@H](C)O1. The highest BCUT2D eigenvalue weighted by Crippen LogP contribution is 2.33. The second-order valence-corrected chi connectivity index (χ2v) is 9.38. The Kier molecular flexibility index (Phi) is 9.33. The number of esters is 1. The van der Waals surface area contributed by atoms with Crippen LogP contribution in [0.5, 0.6) is 11.5 Å². The van der Waals surface area contributed by atoms with Crippen molar-refractivity contribution in [1.82, 2.24) is 0 Å². The molecule has 3 aromatic rings. The molecular weight excluding hydrogens is 468 g/mol. The first-order valence-corrected chi connectivity index (χ1v) is 12.8. The largest absolute Gasteiger partial charge is 0.489 e. The van der Waals surface area contributed by atoms with Gasteiger partial charge in [-0.2, -0.15) is 0 Å². The molecule has 4 rings (SSSR count). The molecule has 0 radical (unpaired) electrons. The maximum atomic E-state index is 13.7. The van der Waals surface area contributed by atoms with Gasteiger partial charge in [-0.3, -0.25) is 9.59 Å². The molecule has 0 amide bonds. The molecule has 1 fully saturated rings. The van der Waals surface area contributed by atoms with Gasteiger partial charge in [0.25, 0.3) is 0 Å². The van der Waals surface area contributed by atoms with E-state index in [2.05, 4.69) is 0 Å². The highest BCUT2D eigenvalue weighted by molar-refractivity contribution is 6.01. The smallest absolute Gasteiger partial charge is 0.310 e. The van der Waals surface area contributed by atoms with E-state index in [0.29, 0.717) is 29.2 Å². The summed E-state index contributed by atoms with van der Waals surface area (Å²) in [4.78, 5) is 26.0. The van der Waals surface area contributed by atoms with E-state index in [4.69, 9.17) is 18.9 Å². The molecule has 0 bridgehead atoms. The standard InChI is InChI=1S/C31H34O6/c1-22-10-9-15-26(37-22)18-28(32)31-25(17-30(33)34-2)16-27(35-20-23-11-5-3-6-12-23)19-29(31)36-21-24-13-7-4-8-14-24/h3-8,11-14,16,19,22,26H,9-10,15,17-18,20-21H2,1-2H3/t22-,26-/m1/s1.